The number of allylic oxidation sites excluding steroid dienone is 2. The molecule has 4 aliphatic rings. The molecule has 22 heavy (non-hydrogen) atoms. The molecule has 0 unspecified atom stereocenters. The first kappa shape index (κ1) is 14.9. The number of fused-ring (bicyclic) bond motifs is 5. The monoisotopic (exact) mass is 304 g/mol. The highest BCUT2D eigenvalue weighted by Crippen LogP contribution is 2.64. The van der Waals surface area contributed by atoms with E-state index >= 15 is 0 Å². The molecule has 122 valence electrons. The average molecular weight is 304 g/mol. The van der Waals surface area contributed by atoms with Crippen molar-refractivity contribution in [1.82, 2.24) is 0 Å². The minimum absolute atomic E-state index is 0.0288. The van der Waals surface area contributed by atoms with E-state index in [0.29, 0.717) is 23.0 Å². The van der Waals surface area contributed by atoms with Gasteiger partial charge in [-0.15, -0.1) is 0 Å². The van der Waals surface area contributed by atoms with Gasteiger partial charge in [0.25, 0.3) is 0 Å². The van der Waals surface area contributed by atoms with E-state index < -0.39 is 0 Å². The first-order chi connectivity index (χ1) is 10.5. The maximum absolute atomic E-state index is 13.1. The molecule has 6 atom stereocenters. The fraction of sp³-hybridized carbons (Fsp3) is 0.850. The zero-order valence-corrected chi connectivity index (χ0v) is 14.0. The first-order valence-corrected chi connectivity index (χ1v) is 9.28. The summed E-state index contributed by atoms with van der Waals surface area (Å²) in [6.45, 7) is 4.53. The Morgan fingerprint density at radius 2 is 1.86 bits per heavy atom. The van der Waals surface area contributed by atoms with Crippen LogP contribution >= 0.6 is 0 Å². The highest BCUT2D eigenvalue weighted by atomic mass is 19.1. The van der Waals surface area contributed by atoms with Gasteiger partial charge >= 0.3 is 0 Å². The molecular weight excluding hydrogens is 275 g/mol. The van der Waals surface area contributed by atoms with E-state index in [1.807, 2.05) is 0 Å². The van der Waals surface area contributed by atoms with Crippen LogP contribution in [-0.4, -0.2) is 12.5 Å². The van der Waals surface area contributed by atoms with Crippen molar-refractivity contribution in [3.05, 3.63) is 11.6 Å². The number of rotatable bonds is 1. The summed E-state index contributed by atoms with van der Waals surface area (Å²) in [7, 11) is 0. The number of hydrogen-bond acceptors (Lipinski definition) is 1. The summed E-state index contributed by atoms with van der Waals surface area (Å²) in [4.78, 5) is 12.4. The molecule has 0 aromatic rings. The van der Waals surface area contributed by atoms with E-state index in [1.54, 1.807) is 5.57 Å². The van der Waals surface area contributed by atoms with Crippen LogP contribution in [0.15, 0.2) is 11.6 Å². The van der Waals surface area contributed by atoms with Crippen LogP contribution in [0, 0.1) is 34.5 Å². The van der Waals surface area contributed by atoms with Crippen molar-refractivity contribution in [3.63, 3.8) is 0 Å². The molecular formula is C20H29FO. The maximum Gasteiger partial charge on any atom is 0.139 e. The Kier molecular flexibility index (Phi) is 3.33. The second-order valence-corrected chi connectivity index (χ2v) is 8.94. The Morgan fingerprint density at radius 1 is 1.14 bits per heavy atom. The molecule has 0 bridgehead atoms. The lowest BCUT2D eigenvalue weighted by atomic mass is 9.47. The van der Waals surface area contributed by atoms with Gasteiger partial charge in [-0.3, -0.25) is 9.18 Å². The predicted molar refractivity (Wildman–Crippen MR) is 86.2 cm³/mol. The topological polar surface area (TPSA) is 17.1 Å². The summed E-state index contributed by atoms with van der Waals surface area (Å²) >= 11 is 0. The van der Waals surface area contributed by atoms with Gasteiger partial charge in [0, 0.05) is 11.8 Å². The van der Waals surface area contributed by atoms with Crippen molar-refractivity contribution in [1.29, 1.82) is 0 Å². The highest BCUT2D eigenvalue weighted by Gasteiger charge is 2.58. The van der Waals surface area contributed by atoms with Crippen LogP contribution in [0.4, 0.5) is 4.39 Å². The second kappa shape index (κ2) is 4.92. The van der Waals surface area contributed by atoms with Gasteiger partial charge in [-0.25, -0.2) is 0 Å². The smallest absolute Gasteiger partial charge is 0.139 e. The molecule has 0 aliphatic heterocycles. The molecule has 0 N–H and O–H groups in total. The number of carbonyl (C=O) groups excluding carboxylic acids is 1. The highest BCUT2D eigenvalue weighted by molar-refractivity contribution is 5.87. The number of carbonyl (C=O) groups is 1. The number of halogens is 1. The largest absolute Gasteiger partial charge is 0.299 e. The van der Waals surface area contributed by atoms with E-state index in [0.717, 1.165) is 50.9 Å². The lowest BCUT2D eigenvalue weighted by Gasteiger charge is -2.57. The Morgan fingerprint density at radius 3 is 2.64 bits per heavy atom. The van der Waals surface area contributed by atoms with E-state index in [9.17, 15) is 9.18 Å². The fourth-order valence-corrected chi connectivity index (χ4v) is 6.64. The number of Topliss-reactive ketones (excluding diaryl/α,β-unsaturated/α-hetero) is 1. The van der Waals surface area contributed by atoms with Crippen LogP contribution in [0.5, 0.6) is 0 Å². The minimum Gasteiger partial charge on any atom is -0.299 e. The van der Waals surface area contributed by atoms with Gasteiger partial charge in [0.05, 0.1) is 6.67 Å². The van der Waals surface area contributed by atoms with Gasteiger partial charge in [0.15, 0.2) is 0 Å². The van der Waals surface area contributed by atoms with Gasteiger partial charge in [-0.1, -0.05) is 25.5 Å². The van der Waals surface area contributed by atoms with Crippen LogP contribution in [0.2, 0.25) is 0 Å². The van der Waals surface area contributed by atoms with E-state index in [-0.39, 0.29) is 18.0 Å². The van der Waals surface area contributed by atoms with Crippen molar-refractivity contribution in [2.75, 3.05) is 6.67 Å². The lowest BCUT2D eigenvalue weighted by Crippen LogP contribution is -2.50. The summed E-state index contributed by atoms with van der Waals surface area (Å²) < 4.78 is 13.1. The maximum atomic E-state index is 13.1. The molecule has 0 spiro atoms. The Labute approximate surface area is 133 Å². The molecule has 0 radical (unpaired) electrons. The predicted octanol–water partition coefficient (Wildman–Crippen LogP) is 5.10. The Balaban J connectivity index is 1.66. The molecule has 3 saturated carbocycles. The van der Waals surface area contributed by atoms with Crippen molar-refractivity contribution in [3.8, 4) is 0 Å². The van der Waals surface area contributed by atoms with Crippen LogP contribution in [0.3, 0.4) is 0 Å². The van der Waals surface area contributed by atoms with Gasteiger partial charge in [-0.05, 0) is 74.0 Å². The number of ketones is 1. The molecule has 1 nitrogen and oxygen atoms in total. The Bertz CT molecular complexity index is 524. The average Bonchev–Trinajstić information content (AvgIpc) is 2.82. The van der Waals surface area contributed by atoms with E-state index in [1.165, 1.54) is 6.42 Å². The molecule has 0 aromatic heterocycles. The first-order valence-electron chi connectivity index (χ1n) is 9.28. The van der Waals surface area contributed by atoms with Crippen LogP contribution in [0.1, 0.15) is 65.2 Å². The van der Waals surface area contributed by atoms with Gasteiger partial charge in [0.1, 0.15) is 5.78 Å². The molecule has 2 heteroatoms. The van der Waals surface area contributed by atoms with Gasteiger partial charge in [0.2, 0.25) is 0 Å². The normalized spacial score (nSPS) is 50.9. The molecule has 0 amide bonds. The fourth-order valence-electron chi connectivity index (χ4n) is 6.64. The third kappa shape index (κ3) is 1.85. The van der Waals surface area contributed by atoms with Crippen molar-refractivity contribution >= 4 is 5.78 Å². The minimum atomic E-state index is -0.156. The van der Waals surface area contributed by atoms with Crippen molar-refractivity contribution in [2.24, 2.45) is 34.5 Å². The summed E-state index contributed by atoms with van der Waals surface area (Å²) in [5.41, 5.74) is 1.82. The third-order valence-corrected chi connectivity index (χ3v) is 8.13. The quantitative estimate of drug-likeness (QED) is 0.616. The van der Waals surface area contributed by atoms with Crippen molar-refractivity contribution < 1.29 is 9.18 Å². The summed E-state index contributed by atoms with van der Waals surface area (Å²) in [6.07, 6.45) is 11.0. The SMILES string of the molecule is C[C@]12CC[C@H](CF)CC1=CC[C@@H]1[C@@H]2CC[C@]2(C)C(=O)CC[C@@H]12. The zero-order chi connectivity index (χ0) is 15.5. The van der Waals surface area contributed by atoms with Crippen LogP contribution < -0.4 is 0 Å². The molecule has 4 aliphatic carbocycles. The van der Waals surface area contributed by atoms with Crippen molar-refractivity contribution in [2.45, 2.75) is 65.2 Å². The van der Waals surface area contributed by atoms with E-state index in [2.05, 4.69) is 19.9 Å². The van der Waals surface area contributed by atoms with Crippen LogP contribution in [-0.2, 0) is 4.79 Å². The summed E-state index contributed by atoms with van der Waals surface area (Å²) in [5.74, 6) is 2.82. The molecule has 0 heterocycles. The molecule has 0 saturated heterocycles. The zero-order valence-electron chi connectivity index (χ0n) is 14.0. The molecule has 3 fully saturated rings. The second-order valence-electron chi connectivity index (χ2n) is 8.94. The summed E-state index contributed by atoms with van der Waals surface area (Å²) in [6, 6.07) is 0. The lowest BCUT2D eigenvalue weighted by molar-refractivity contribution is -0.131. The van der Waals surface area contributed by atoms with Crippen LogP contribution in [0.25, 0.3) is 0 Å². The molecule has 0 aromatic carbocycles. The van der Waals surface area contributed by atoms with Gasteiger partial charge < -0.3 is 0 Å². The Hall–Kier alpha value is -0.660. The third-order valence-electron chi connectivity index (χ3n) is 8.13. The number of alkyl halides is 1. The van der Waals surface area contributed by atoms with E-state index in [4.69, 9.17) is 0 Å². The van der Waals surface area contributed by atoms with Gasteiger partial charge in [-0.2, -0.15) is 0 Å². The standard InChI is InChI=1S/C20H29FO/c1-19-9-7-13(12-21)11-14(19)3-4-15-16-5-6-18(22)20(16,2)10-8-17(15)19/h3,13,15-17H,4-12H2,1-2H3/t13-,15-,16-,17-,19-,20-/m0/s1. The summed E-state index contributed by atoms with van der Waals surface area (Å²) in [5, 5.41) is 0. The number of hydrogen-bond donors (Lipinski definition) is 0. The molecule has 4 rings (SSSR count).